The molecule has 128 valence electrons. The molecule has 0 spiro atoms. The van der Waals surface area contributed by atoms with E-state index in [1.54, 1.807) is 17.0 Å². The smallest absolute Gasteiger partial charge is 0.227 e. The van der Waals surface area contributed by atoms with E-state index in [1.165, 1.54) is 6.07 Å². The number of rotatable bonds is 2. The summed E-state index contributed by atoms with van der Waals surface area (Å²) in [5.41, 5.74) is 1.49. The van der Waals surface area contributed by atoms with Gasteiger partial charge in [0.2, 0.25) is 5.91 Å². The van der Waals surface area contributed by atoms with Crippen molar-refractivity contribution < 1.29 is 14.3 Å². The summed E-state index contributed by atoms with van der Waals surface area (Å²) >= 11 is 5.90. The highest BCUT2D eigenvalue weighted by atomic mass is 35.5. The second kappa shape index (κ2) is 6.13. The van der Waals surface area contributed by atoms with E-state index in [1.807, 2.05) is 0 Å². The molecular formula is C18H21ClN2O3. The van der Waals surface area contributed by atoms with Crippen molar-refractivity contribution in [1.82, 2.24) is 9.88 Å². The lowest BCUT2D eigenvalue weighted by Gasteiger charge is -2.25. The lowest BCUT2D eigenvalue weighted by Crippen LogP contribution is -2.36. The largest absolute Gasteiger partial charge is 0.506 e. The maximum Gasteiger partial charge on any atom is 0.227 e. The lowest BCUT2D eigenvalue weighted by atomic mass is 9.97. The van der Waals surface area contributed by atoms with Crippen molar-refractivity contribution in [2.75, 3.05) is 6.54 Å². The number of phenols is 1. The molecule has 0 fully saturated rings. The molecule has 1 amide bonds. The molecule has 0 bridgehead atoms. The molecule has 3 rings (SSSR count). The fourth-order valence-corrected chi connectivity index (χ4v) is 2.88. The summed E-state index contributed by atoms with van der Waals surface area (Å²) in [7, 11) is 0. The maximum atomic E-state index is 12.5. The van der Waals surface area contributed by atoms with Gasteiger partial charge >= 0.3 is 0 Å². The minimum absolute atomic E-state index is 0.0164. The third kappa shape index (κ3) is 3.41. The summed E-state index contributed by atoms with van der Waals surface area (Å²) in [6.07, 6.45) is 0.930. The number of benzene rings is 1. The van der Waals surface area contributed by atoms with Crippen molar-refractivity contribution >= 4 is 17.5 Å². The zero-order valence-electron chi connectivity index (χ0n) is 14.1. The first-order chi connectivity index (χ1) is 11.2. The minimum atomic E-state index is -0.144. The van der Waals surface area contributed by atoms with Crippen LogP contribution in [0, 0.1) is 0 Å². The number of aromatic nitrogens is 1. The summed E-state index contributed by atoms with van der Waals surface area (Å²) in [4.78, 5) is 18.9. The number of hydrogen-bond acceptors (Lipinski definition) is 4. The molecule has 5 nitrogen and oxygen atoms in total. The van der Waals surface area contributed by atoms with E-state index in [9.17, 15) is 9.90 Å². The van der Waals surface area contributed by atoms with Crippen LogP contribution in [0.1, 0.15) is 43.7 Å². The Morgan fingerprint density at radius 1 is 1.42 bits per heavy atom. The number of aromatic hydroxyl groups is 1. The first-order valence-electron chi connectivity index (χ1n) is 7.98. The molecule has 1 aliphatic rings. The van der Waals surface area contributed by atoms with Gasteiger partial charge in [0.15, 0.2) is 5.89 Å². The minimum Gasteiger partial charge on any atom is -0.506 e. The molecule has 1 aromatic heterocycles. The topological polar surface area (TPSA) is 66.6 Å². The Balaban J connectivity index is 1.71. The van der Waals surface area contributed by atoms with Crippen LogP contribution >= 0.6 is 11.6 Å². The Hall–Kier alpha value is -2.01. The maximum absolute atomic E-state index is 12.5. The van der Waals surface area contributed by atoms with E-state index >= 15 is 0 Å². The fraction of sp³-hybridized carbons (Fsp3) is 0.444. The first kappa shape index (κ1) is 16.8. The highest BCUT2D eigenvalue weighted by Crippen LogP contribution is 2.28. The Morgan fingerprint density at radius 3 is 2.83 bits per heavy atom. The average molecular weight is 349 g/mol. The van der Waals surface area contributed by atoms with Crippen LogP contribution in [0.15, 0.2) is 22.6 Å². The van der Waals surface area contributed by atoms with Crippen LogP contribution in [0.4, 0.5) is 0 Å². The van der Waals surface area contributed by atoms with Gasteiger partial charge in [0.05, 0.1) is 18.0 Å². The molecule has 24 heavy (non-hydrogen) atoms. The molecule has 2 aromatic rings. The zero-order chi connectivity index (χ0) is 17.5. The number of carbonyl (C=O) groups excluding carboxylic acids is 1. The number of fused-ring (bicyclic) bond motifs is 1. The predicted octanol–water partition coefficient (Wildman–Crippen LogP) is 3.46. The van der Waals surface area contributed by atoms with Gasteiger partial charge in [-0.05, 0) is 17.7 Å². The van der Waals surface area contributed by atoms with Crippen LogP contribution < -0.4 is 0 Å². The van der Waals surface area contributed by atoms with Crippen molar-refractivity contribution in [2.45, 2.75) is 45.6 Å². The molecule has 0 aliphatic carbocycles. The molecule has 1 aromatic carbocycles. The van der Waals surface area contributed by atoms with E-state index in [4.69, 9.17) is 16.0 Å². The SMILES string of the molecule is CC(C)(C)c1nc2c(o1)CCN(C(=O)Cc1ccc(O)c(Cl)c1)C2. The second-order valence-corrected chi connectivity index (χ2v) is 7.57. The predicted molar refractivity (Wildman–Crippen MR) is 91.1 cm³/mol. The summed E-state index contributed by atoms with van der Waals surface area (Å²) < 4.78 is 5.85. The molecule has 0 saturated heterocycles. The van der Waals surface area contributed by atoms with Crippen LogP contribution in [0.2, 0.25) is 5.02 Å². The van der Waals surface area contributed by atoms with Crippen LogP contribution in [0.5, 0.6) is 5.75 Å². The third-order valence-corrected chi connectivity index (χ3v) is 4.39. The van der Waals surface area contributed by atoms with E-state index in [0.717, 1.165) is 17.0 Å². The van der Waals surface area contributed by atoms with Gasteiger partial charge in [-0.25, -0.2) is 4.98 Å². The van der Waals surface area contributed by atoms with Crippen LogP contribution in [0.3, 0.4) is 0 Å². The van der Waals surface area contributed by atoms with Gasteiger partial charge < -0.3 is 14.4 Å². The van der Waals surface area contributed by atoms with Gasteiger partial charge in [0.1, 0.15) is 17.2 Å². The zero-order valence-corrected chi connectivity index (χ0v) is 14.9. The fourth-order valence-electron chi connectivity index (χ4n) is 2.68. The van der Waals surface area contributed by atoms with Crippen LogP contribution in [-0.2, 0) is 29.6 Å². The van der Waals surface area contributed by atoms with Crippen molar-refractivity contribution in [1.29, 1.82) is 0 Å². The number of nitrogens with zero attached hydrogens (tertiary/aromatic N) is 2. The van der Waals surface area contributed by atoms with Gasteiger partial charge in [-0.2, -0.15) is 0 Å². The average Bonchev–Trinajstić information content (AvgIpc) is 2.94. The standard InChI is InChI=1S/C18H21ClN2O3/c1-18(2,3)17-20-13-10-21(7-6-15(13)24-17)16(23)9-11-4-5-14(22)12(19)8-11/h4-5,8,22H,6-7,9-10H2,1-3H3. The molecule has 0 saturated carbocycles. The normalized spacial score (nSPS) is 14.6. The van der Waals surface area contributed by atoms with E-state index < -0.39 is 0 Å². The molecule has 0 unspecified atom stereocenters. The van der Waals surface area contributed by atoms with Gasteiger partial charge in [0, 0.05) is 18.4 Å². The van der Waals surface area contributed by atoms with Crippen LogP contribution in [0.25, 0.3) is 0 Å². The Kier molecular flexibility index (Phi) is 4.30. The molecule has 1 aliphatic heterocycles. The molecule has 6 heteroatoms. The van der Waals surface area contributed by atoms with Gasteiger partial charge in [-0.3, -0.25) is 4.79 Å². The summed E-state index contributed by atoms with van der Waals surface area (Å²) in [6, 6.07) is 4.84. The second-order valence-electron chi connectivity index (χ2n) is 7.17. The number of oxazole rings is 1. The van der Waals surface area contributed by atoms with Crippen molar-refractivity contribution in [2.24, 2.45) is 0 Å². The van der Waals surface area contributed by atoms with E-state index in [-0.39, 0.29) is 28.5 Å². The van der Waals surface area contributed by atoms with E-state index in [2.05, 4.69) is 25.8 Å². The van der Waals surface area contributed by atoms with Crippen molar-refractivity contribution in [3.05, 3.63) is 46.1 Å². The highest BCUT2D eigenvalue weighted by Gasteiger charge is 2.29. The summed E-state index contributed by atoms with van der Waals surface area (Å²) in [6.45, 7) is 7.27. The summed E-state index contributed by atoms with van der Waals surface area (Å²) in [5.74, 6) is 1.64. The van der Waals surface area contributed by atoms with Crippen molar-refractivity contribution in [3.8, 4) is 5.75 Å². The molecular weight excluding hydrogens is 328 g/mol. The number of amides is 1. The number of phenolic OH excluding ortho intramolecular Hbond substituents is 1. The highest BCUT2D eigenvalue weighted by molar-refractivity contribution is 6.32. The Bertz CT molecular complexity index is 777. The molecule has 0 radical (unpaired) electrons. The van der Waals surface area contributed by atoms with Gasteiger partial charge in [0.25, 0.3) is 0 Å². The Morgan fingerprint density at radius 2 is 2.17 bits per heavy atom. The number of hydrogen-bond donors (Lipinski definition) is 1. The number of carbonyl (C=O) groups is 1. The number of halogens is 1. The Labute approximate surface area is 146 Å². The van der Waals surface area contributed by atoms with Gasteiger partial charge in [-0.15, -0.1) is 0 Å². The molecule has 0 atom stereocenters. The lowest BCUT2D eigenvalue weighted by molar-refractivity contribution is -0.131. The van der Waals surface area contributed by atoms with Crippen LogP contribution in [-0.4, -0.2) is 27.4 Å². The quantitative estimate of drug-likeness (QED) is 0.902. The molecule has 2 heterocycles. The first-order valence-corrected chi connectivity index (χ1v) is 8.36. The third-order valence-electron chi connectivity index (χ3n) is 4.09. The van der Waals surface area contributed by atoms with Crippen molar-refractivity contribution in [3.63, 3.8) is 0 Å². The monoisotopic (exact) mass is 348 g/mol. The van der Waals surface area contributed by atoms with Gasteiger partial charge in [-0.1, -0.05) is 38.4 Å². The molecule has 1 N–H and O–H groups in total. The van der Waals surface area contributed by atoms with E-state index in [0.29, 0.717) is 25.4 Å². The summed E-state index contributed by atoms with van der Waals surface area (Å²) in [5, 5.41) is 9.71.